The Balaban J connectivity index is 1.71. The highest BCUT2D eigenvalue weighted by molar-refractivity contribution is 5.96. The average molecular weight is 424 g/mol. The number of carbonyl (C=O) groups is 2. The van der Waals surface area contributed by atoms with Crippen molar-refractivity contribution in [2.45, 2.75) is 51.7 Å². The lowest BCUT2D eigenvalue weighted by molar-refractivity contribution is -0.132. The summed E-state index contributed by atoms with van der Waals surface area (Å²) in [6, 6.07) is 9.63. The summed E-state index contributed by atoms with van der Waals surface area (Å²) in [5.74, 6) is -0.226. The first kappa shape index (κ1) is 21.3. The minimum absolute atomic E-state index is 0.0726. The molecule has 1 aromatic carbocycles. The zero-order valence-corrected chi connectivity index (χ0v) is 17.9. The fraction of sp³-hybridized carbons (Fsp3) is 0.458. The normalized spacial score (nSPS) is 18.0. The van der Waals surface area contributed by atoms with Crippen LogP contribution in [0.1, 0.15) is 53.2 Å². The van der Waals surface area contributed by atoms with Gasteiger partial charge in [-0.2, -0.15) is 0 Å². The van der Waals surface area contributed by atoms with Gasteiger partial charge in [0.1, 0.15) is 5.56 Å². The van der Waals surface area contributed by atoms with Gasteiger partial charge in [-0.1, -0.05) is 37.3 Å². The molecule has 164 valence electrons. The molecule has 2 aromatic rings. The third kappa shape index (κ3) is 4.71. The summed E-state index contributed by atoms with van der Waals surface area (Å²) in [5.41, 5.74) is 2.55. The molecule has 1 saturated heterocycles. The monoisotopic (exact) mass is 423 g/mol. The number of rotatable bonds is 6. The van der Waals surface area contributed by atoms with Crippen molar-refractivity contribution in [3.8, 4) is 0 Å². The second-order valence-corrected chi connectivity index (χ2v) is 8.28. The molecule has 1 fully saturated rings. The van der Waals surface area contributed by atoms with E-state index in [9.17, 15) is 14.4 Å². The molecule has 0 bridgehead atoms. The van der Waals surface area contributed by atoms with Crippen LogP contribution in [0.2, 0.25) is 0 Å². The number of benzene rings is 1. The lowest BCUT2D eigenvalue weighted by Gasteiger charge is -2.30. The van der Waals surface area contributed by atoms with Crippen LogP contribution in [0.4, 0.5) is 0 Å². The van der Waals surface area contributed by atoms with E-state index in [4.69, 9.17) is 4.74 Å². The van der Waals surface area contributed by atoms with Crippen LogP contribution in [-0.2, 0) is 29.0 Å². The van der Waals surface area contributed by atoms with E-state index in [1.54, 1.807) is 4.57 Å². The number of nitrogens with zero attached hydrogens (tertiary/aromatic N) is 2. The highest BCUT2D eigenvalue weighted by atomic mass is 16.5. The predicted molar refractivity (Wildman–Crippen MR) is 117 cm³/mol. The number of hydrogen-bond donors (Lipinski definition) is 1. The van der Waals surface area contributed by atoms with Gasteiger partial charge >= 0.3 is 0 Å². The number of nitrogens with one attached hydrogen (secondary N) is 1. The van der Waals surface area contributed by atoms with E-state index in [-0.39, 0.29) is 29.0 Å². The molecule has 7 nitrogen and oxygen atoms in total. The maximum Gasteiger partial charge on any atom is 0.264 e. The molecule has 1 unspecified atom stereocenters. The van der Waals surface area contributed by atoms with E-state index in [2.05, 4.69) is 5.32 Å². The first-order valence-corrected chi connectivity index (χ1v) is 11.0. The number of amides is 2. The lowest BCUT2D eigenvalue weighted by atomic mass is 9.95. The van der Waals surface area contributed by atoms with Crippen LogP contribution in [0.3, 0.4) is 0 Å². The Morgan fingerprint density at radius 2 is 2.03 bits per heavy atom. The van der Waals surface area contributed by atoms with Gasteiger partial charge in [0, 0.05) is 32.3 Å². The molecule has 0 spiro atoms. The molecule has 2 aliphatic heterocycles. The molecule has 7 heteroatoms. The zero-order chi connectivity index (χ0) is 21.8. The second kappa shape index (κ2) is 9.47. The summed E-state index contributed by atoms with van der Waals surface area (Å²) in [6.07, 6.45) is 4.39. The Bertz CT molecular complexity index is 1010. The molecule has 31 heavy (non-hydrogen) atoms. The number of pyridine rings is 1. The molecule has 4 rings (SSSR count). The molecule has 0 saturated carbocycles. The van der Waals surface area contributed by atoms with E-state index < -0.39 is 0 Å². The number of carbonyl (C=O) groups excluding carboxylic acids is 2. The van der Waals surface area contributed by atoms with Crippen molar-refractivity contribution in [1.29, 1.82) is 0 Å². The summed E-state index contributed by atoms with van der Waals surface area (Å²) in [5, 5.41) is 2.97. The molecule has 0 radical (unpaired) electrons. The number of hydrogen-bond acceptors (Lipinski definition) is 4. The van der Waals surface area contributed by atoms with Gasteiger partial charge in [-0.3, -0.25) is 14.4 Å². The zero-order valence-electron chi connectivity index (χ0n) is 17.9. The number of ether oxygens (including phenoxy) is 1. The van der Waals surface area contributed by atoms with Crippen molar-refractivity contribution in [1.82, 2.24) is 14.8 Å². The topological polar surface area (TPSA) is 80.6 Å². The fourth-order valence-corrected chi connectivity index (χ4v) is 4.33. The molecule has 3 heterocycles. The SMILES string of the molecule is CCCC(=O)N1CCc2c(cn(Cc3ccccc3)c(=O)c2C(=O)NC2CCOC2)C1. The van der Waals surface area contributed by atoms with Gasteiger partial charge in [0.15, 0.2) is 0 Å². The van der Waals surface area contributed by atoms with Crippen molar-refractivity contribution >= 4 is 11.8 Å². The minimum Gasteiger partial charge on any atom is -0.379 e. The van der Waals surface area contributed by atoms with Crippen LogP contribution in [-0.4, -0.2) is 47.1 Å². The van der Waals surface area contributed by atoms with E-state index >= 15 is 0 Å². The average Bonchev–Trinajstić information content (AvgIpc) is 3.28. The van der Waals surface area contributed by atoms with Gasteiger partial charge < -0.3 is 19.5 Å². The highest BCUT2D eigenvalue weighted by Crippen LogP contribution is 2.22. The molecule has 1 atom stereocenters. The molecule has 1 aromatic heterocycles. The maximum absolute atomic E-state index is 13.4. The third-order valence-electron chi connectivity index (χ3n) is 5.97. The molecule has 2 aliphatic rings. The molecule has 1 N–H and O–H groups in total. The smallest absolute Gasteiger partial charge is 0.264 e. The molecule has 2 amide bonds. The maximum atomic E-state index is 13.4. The first-order valence-electron chi connectivity index (χ1n) is 11.0. The van der Waals surface area contributed by atoms with Crippen LogP contribution in [0.25, 0.3) is 0 Å². The fourth-order valence-electron chi connectivity index (χ4n) is 4.33. The lowest BCUT2D eigenvalue weighted by Crippen LogP contribution is -2.43. The van der Waals surface area contributed by atoms with Crippen molar-refractivity contribution in [2.75, 3.05) is 19.8 Å². The van der Waals surface area contributed by atoms with Crippen LogP contribution >= 0.6 is 0 Å². The Morgan fingerprint density at radius 1 is 1.23 bits per heavy atom. The Hall–Kier alpha value is -2.93. The molecular formula is C24H29N3O4. The second-order valence-electron chi connectivity index (χ2n) is 8.28. The third-order valence-corrected chi connectivity index (χ3v) is 5.97. The summed E-state index contributed by atoms with van der Waals surface area (Å²) in [7, 11) is 0. The summed E-state index contributed by atoms with van der Waals surface area (Å²) < 4.78 is 6.96. The first-order chi connectivity index (χ1) is 15.1. The Labute approximate surface area is 182 Å². The molecule has 0 aliphatic carbocycles. The van der Waals surface area contributed by atoms with E-state index in [1.807, 2.05) is 48.4 Å². The summed E-state index contributed by atoms with van der Waals surface area (Å²) >= 11 is 0. The highest BCUT2D eigenvalue weighted by Gasteiger charge is 2.29. The van der Waals surface area contributed by atoms with Crippen molar-refractivity contribution < 1.29 is 14.3 Å². The van der Waals surface area contributed by atoms with Crippen molar-refractivity contribution in [2.24, 2.45) is 0 Å². The van der Waals surface area contributed by atoms with Gasteiger partial charge in [-0.25, -0.2) is 0 Å². The van der Waals surface area contributed by atoms with Gasteiger partial charge in [-0.15, -0.1) is 0 Å². The number of aromatic nitrogens is 1. The van der Waals surface area contributed by atoms with Crippen LogP contribution in [0.5, 0.6) is 0 Å². The minimum atomic E-state index is -0.340. The van der Waals surface area contributed by atoms with Gasteiger partial charge in [0.2, 0.25) is 5.91 Å². The van der Waals surface area contributed by atoms with Crippen LogP contribution in [0.15, 0.2) is 41.3 Å². The summed E-state index contributed by atoms with van der Waals surface area (Å²) in [4.78, 5) is 40.8. The van der Waals surface area contributed by atoms with Gasteiger partial charge in [0.05, 0.1) is 19.2 Å². The van der Waals surface area contributed by atoms with E-state index in [0.717, 1.165) is 29.5 Å². The van der Waals surface area contributed by atoms with Gasteiger partial charge in [0.25, 0.3) is 11.5 Å². The summed E-state index contributed by atoms with van der Waals surface area (Å²) in [6.45, 7) is 4.41. The van der Waals surface area contributed by atoms with Gasteiger partial charge in [-0.05, 0) is 36.0 Å². The predicted octanol–water partition coefficient (Wildman–Crippen LogP) is 2.10. The van der Waals surface area contributed by atoms with Crippen molar-refractivity contribution in [3.63, 3.8) is 0 Å². The Kier molecular flexibility index (Phi) is 6.51. The quantitative estimate of drug-likeness (QED) is 0.772. The van der Waals surface area contributed by atoms with E-state index in [1.165, 1.54) is 0 Å². The van der Waals surface area contributed by atoms with Crippen LogP contribution < -0.4 is 10.9 Å². The van der Waals surface area contributed by atoms with Crippen LogP contribution in [0, 0.1) is 0 Å². The van der Waals surface area contributed by atoms with E-state index in [0.29, 0.717) is 45.7 Å². The van der Waals surface area contributed by atoms with Crippen molar-refractivity contribution in [3.05, 3.63) is 69.1 Å². The largest absolute Gasteiger partial charge is 0.379 e. The molecular weight excluding hydrogens is 394 g/mol. The Morgan fingerprint density at radius 3 is 2.74 bits per heavy atom. The number of fused-ring (bicyclic) bond motifs is 1. The standard InChI is InChI=1S/C24H29N3O4/c1-2-6-21(28)26-11-9-20-18(14-26)15-27(13-17-7-4-3-5-8-17)24(30)22(20)23(29)25-19-10-12-31-16-19/h3-5,7-8,15,19H,2,6,9-14,16H2,1H3,(H,25,29).